The average molecular weight is 522 g/mol. The van der Waals surface area contributed by atoms with Gasteiger partial charge in [0.25, 0.3) is 11.7 Å². The van der Waals surface area contributed by atoms with Crippen LogP contribution < -0.4 is 14.2 Å². The van der Waals surface area contributed by atoms with Crippen molar-refractivity contribution in [2.45, 2.75) is 38.8 Å². The van der Waals surface area contributed by atoms with E-state index in [0.29, 0.717) is 28.4 Å². The first-order valence-electron chi connectivity index (χ1n) is 11.8. The second kappa shape index (κ2) is 10.3. The Hall–Kier alpha value is -3.78. The summed E-state index contributed by atoms with van der Waals surface area (Å²) < 4.78 is 16.4. The number of carbonyl (C=O) groups is 2. The van der Waals surface area contributed by atoms with Crippen LogP contribution in [-0.4, -0.2) is 43.0 Å². The summed E-state index contributed by atoms with van der Waals surface area (Å²) in [6.45, 7) is 6.39. The second-order valence-electron chi connectivity index (χ2n) is 9.79. The zero-order valence-corrected chi connectivity index (χ0v) is 22.6. The molecule has 1 amide bonds. The summed E-state index contributed by atoms with van der Waals surface area (Å²) in [6.07, 6.45) is 0. The maximum absolute atomic E-state index is 13.5. The number of rotatable bonds is 7. The third-order valence-corrected chi connectivity index (χ3v) is 7.35. The van der Waals surface area contributed by atoms with Crippen LogP contribution in [0.25, 0.3) is 5.76 Å². The van der Waals surface area contributed by atoms with Gasteiger partial charge in [0.2, 0.25) is 0 Å². The van der Waals surface area contributed by atoms with E-state index >= 15 is 0 Å². The Bertz CT molecular complexity index is 1350. The Morgan fingerprint density at radius 1 is 0.946 bits per heavy atom. The van der Waals surface area contributed by atoms with Crippen molar-refractivity contribution >= 4 is 28.8 Å². The number of amides is 1. The second-order valence-corrected chi connectivity index (χ2v) is 10.8. The van der Waals surface area contributed by atoms with Gasteiger partial charge in [-0.2, -0.15) is 0 Å². The predicted octanol–water partition coefficient (Wildman–Crippen LogP) is 5.69. The van der Waals surface area contributed by atoms with E-state index in [2.05, 4.69) is 20.8 Å². The molecule has 0 saturated carbocycles. The first-order valence-corrected chi connectivity index (χ1v) is 12.7. The first-order chi connectivity index (χ1) is 17.6. The minimum Gasteiger partial charge on any atom is -0.507 e. The molecular weight excluding hydrogens is 490 g/mol. The SMILES string of the molecule is COc1ccc(C2/C(=C(\O)c3cc(C(C)(C)C)ccc3OC)C(=O)C(=O)N2Cc2cccs2)cc1OC. The van der Waals surface area contributed by atoms with Gasteiger partial charge in [-0.1, -0.05) is 39.0 Å². The number of carbonyl (C=O) groups excluding carboxylic acids is 2. The fraction of sp³-hybridized carbons (Fsp3) is 0.310. The fourth-order valence-electron chi connectivity index (χ4n) is 4.49. The van der Waals surface area contributed by atoms with E-state index in [4.69, 9.17) is 14.2 Å². The Balaban J connectivity index is 1.96. The van der Waals surface area contributed by atoms with Crippen molar-refractivity contribution in [1.29, 1.82) is 0 Å². The first kappa shape index (κ1) is 26.3. The molecule has 1 saturated heterocycles. The van der Waals surface area contributed by atoms with Crippen molar-refractivity contribution < 1.29 is 28.9 Å². The summed E-state index contributed by atoms with van der Waals surface area (Å²) >= 11 is 1.49. The lowest BCUT2D eigenvalue weighted by molar-refractivity contribution is -0.140. The summed E-state index contributed by atoms with van der Waals surface area (Å²) in [5.41, 5.74) is 1.70. The predicted molar refractivity (Wildman–Crippen MR) is 143 cm³/mol. The number of benzene rings is 2. The lowest BCUT2D eigenvalue weighted by Crippen LogP contribution is -2.28. The van der Waals surface area contributed by atoms with Crippen molar-refractivity contribution in [1.82, 2.24) is 4.90 Å². The Kier molecular flexibility index (Phi) is 7.32. The van der Waals surface area contributed by atoms with Crippen LogP contribution in [0.15, 0.2) is 59.5 Å². The van der Waals surface area contributed by atoms with Crippen molar-refractivity contribution in [2.75, 3.05) is 21.3 Å². The molecule has 1 fully saturated rings. The molecular formula is C29H31NO6S. The molecule has 1 atom stereocenters. The van der Waals surface area contributed by atoms with E-state index in [1.54, 1.807) is 24.3 Å². The molecule has 1 unspecified atom stereocenters. The zero-order valence-electron chi connectivity index (χ0n) is 21.8. The fourth-order valence-corrected chi connectivity index (χ4v) is 5.19. The maximum atomic E-state index is 13.5. The normalized spacial score (nSPS) is 17.2. The van der Waals surface area contributed by atoms with E-state index in [-0.39, 0.29) is 23.3 Å². The quantitative estimate of drug-likeness (QED) is 0.244. The van der Waals surface area contributed by atoms with Crippen molar-refractivity contribution in [3.8, 4) is 17.2 Å². The summed E-state index contributed by atoms with van der Waals surface area (Å²) in [5, 5.41) is 13.6. The number of hydrogen-bond acceptors (Lipinski definition) is 7. The molecule has 2 aromatic carbocycles. The van der Waals surface area contributed by atoms with Gasteiger partial charge in [-0.3, -0.25) is 9.59 Å². The standard InChI is InChI=1S/C29H31NO6S/c1-29(2,3)18-10-12-21(34-4)20(15-18)26(31)24-25(17-9-11-22(35-5)23(14-17)36-6)30(28(33)27(24)32)16-19-8-7-13-37-19/h7-15,25,31H,16H2,1-6H3/b26-24+. The highest BCUT2D eigenvalue weighted by Gasteiger charge is 2.46. The highest BCUT2D eigenvalue weighted by atomic mass is 32.1. The molecule has 3 aromatic rings. The van der Waals surface area contributed by atoms with Crippen LogP contribution in [0.4, 0.5) is 0 Å². The number of nitrogens with zero attached hydrogens (tertiary/aromatic N) is 1. The van der Waals surface area contributed by atoms with Crippen LogP contribution in [0, 0.1) is 0 Å². The Morgan fingerprint density at radius 3 is 2.22 bits per heavy atom. The molecule has 0 aliphatic carbocycles. The van der Waals surface area contributed by atoms with Crippen LogP contribution in [0.5, 0.6) is 17.2 Å². The number of ketones is 1. The number of hydrogen-bond donors (Lipinski definition) is 1. The molecule has 7 nitrogen and oxygen atoms in total. The third kappa shape index (κ3) is 4.93. The van der Waals surface area contributed by atoms with E-state index in [1.165, 1.54) is 37.6 Å². The smallest absolute Gasteiger partial charge is 0.295 e. The minimum atomic E-state index is -0.843. The molecule has 1 aromatic heterocycles. The van der Waals surface area contributed by atoms with Crippen LogP contribution in [-0.2, 0) is 21.5 Å². The summed E-state index contributed by atoms with van der Waals surface area (Å²) in [4.78, 5) is 29.3. The molecule has 37 heavy (non-hydrogen) atoms. The molecule has 1 aliphatic heterocycles. The van der Waals surface area contributed by atoms with Gasteiger partial charge in [0, 0.05) is 4.88 Å². The number of ether oxygens (including phenoxy) is 3. The summed E-state index contributed by atoms with van der Waals surface area (Å²) in [6, 6.07) is 13.7. The molecule has 194 valence electrons. The molecule has 1 aliphatic rings. The van der Waals surface area contributed by atoms with Crippen LogP contribution in [0.1, 0.15) is 48.4 Å². The average Bonchev–Trinajstić information content (AvgIpc) is 3.49. The highest BCUT2D eigenvalue weighted by molar-refractivity contribution is 7.09. The van der Waals surface area contributed by atoms with Crippen molar-refractivity contribution in [3.63, 3.8) is 0 Å². The van der Waals surface area contributed by atoms with Gasteiger partial charge in [0.15, 0.2) is 11.5 Å². The van der Waals surface area contributed by atoms with Gasteiger partial charge in [0.05, 0.1) is 45.1 Å². The minimum absolute atomic E-state index is 0.00173. The number of likely N-dealkylation sites (tertiary alicyclic amines) is 1. The number of Topliss-reactive ketones (excluding diaryl/α,β-unsaturated/α-hetero) is 1. The largest absolute Gasteiger partial charge is 0.507 e. The number of methoxy groups -OCH3 is 3. The molecule has 1 N–H and O–H groups in total. The van der Waals surface area contributed by atoms with E-state index in [1.807, 2.05) is 29.6 Å². The molecule has 0 bridgehead atoms. The number of aliphatic hydroxyl groups excluding tert-OH is 1. The van der Waals surface area contributed by atoms with E-state index in [9.17, 15) is 14.7 Å². The highest BCUT2D eigenvalue weighted by Crippen LogP contribution is 2.44. The van der Waals surface area contributed by atoms with Gasteiger partial charge in [0.1, 0.15) is 11.5 Å². The summed E-state index contributed by atoms with van der Waals surface area (Å²) in [5.74, 6) is -0.344. The molecule has 0 radical (unpaired) electrons. The van der Waals surface area contributed by atoms with Crippen LogP contribution >= 0.6 is 11.3 Å². The zero-order chi connectivity index (χ0) is 26.9. The van der Waals surface area contributed by atoms with Crippen molar-refractivity contribution in [3.05, 3.63) is 81.1 Å². The van der Waals surface area contributed by atoms with Gasteiger partial charge in [-0.15, -0.1) is 11.3 Å². The maximum Gasteiger partial charge on any atom is 0.295 e. The Morgan fingerprint density at radius 2 is 1.62 bits per heavy atom. The number of aliphatic hydroxyl groups is 1. The molecule has 8 heteroatoms. The topological polar surface area (TPSA) is 85.3 Å². The summed E-state index contributed by atoms with van der Waals surface area (Å²) in [7, 11) is 4.56. The third-order valence-electron chi connectivity index (χ3n) is 6.49. The molecule has 0 spiro atoms. The van der Waals surface area contributed by atoms with Gasteiger partial charge >= 0.3 is 0 Å². The van der Waals surface area contributed by atoms with Gasteiger partial charge in [-0.05, 0) is 52.3 Å². The van der Waals surface area contributed by atoms with Crippen LogP contribution in [0.2, 0.25) is 0 Å². The monoisotopic (exact) mass is 521 g/mol. The van der Waals surface area contributed by atoms with Gasteiger partial charge < -0.3 is 24.2 Å². The lowest BCUT2D eigenvalue weighted by atomic mass is 9.85. The lowest BCUT2D eigenvalue weighted by Gasteiger charge is -2.26. The van der Waals surface area contributed by atoms with Crippen LogP contribution in [0.3, 0.4) is 0 Å². The molecule has 4 rings (SSSR count). The Labute approximate surface area is 220 Å². The van der Waals surface area contributed by atoms with E-state index in [0.717, 1.165) is 10.4 Å². The van der Waals surface area contributed by atoms with E-state index < -0.39 is 17.7 Å². The van der Waals surface area contributed by atoms with Gasteiger partial charge in [-0.25, -0.2) is 0 Å². The van der Waals surface area contributed by atoms with Crippen molar-refractivity contribution in [2.24, 2.45) is 0 Å². The number of thiophene rings is 1. The molecule has 2 heterocycles.